The van der Waals surface area contributed by atoms with Gasteiger partial charge in [-0.1, -0.05) is 37.3 Å². The molecule has 1 aromatic heterocycles. The third-order valence-electron chi connectivity index (χ3n) is 5.73. The number of hydrogen-bond donors (Lipinski definition) is 3. The average molecular weight is 457 g/mol. The van der Waals surface area contributed by atoms with E-state index < -0.39 is 5.97 Å². The number of aromatic amines is 1. The quantitative estimate of drug-likeness (QED) is 0.316. The zero-order valence-electron chi connectivity index (χ0n) is 19.0. The third kappa shape index (κ3) is 4.25. The highest BCUT2D eigenvalue weighted by Crippen LogP contribution is 2.38. The second-order valence-corrected chi connectivity index (χ2v) is 7.96. The molecule has 0 saturated carbocycles. The van der Waals surface area contributed by atoms with Crippen molar-refractivity contribution in [2.75, 3.05) is 0 Å². The van der Waals surface area contributed by atoms with Crippen LogP contribution >= 0.6 is 0 Å². The van der Waals surface area contributed by atoms with Gasteiger partial charge in [-0.2, -0.15) is 0 Å². The van der Waals surface area contributed by atoms with Gasteiger partial charge in [-0.05, 0) is 67.3 Å². The van der Waals surface area contributed by atoms with Crippen molar-refractivity contribution in [1.82, 2.24) is 9.78 Å². The van der Waals surface area contributed by atoms with Crippen molar-refractivity contribution in [2.45, 2.75) is 27.2 Å². The number of aromatic nitrogens is 2. The number of nitrogens with one attached hydrogen (secondary N) is 1. The van der Waals surface area contributed by atoms with E-state index in [1.54, 1.807) is 30.3 Å². The summed E-state index contributed by atoms with van der Waals surface area (Å²) in [6, 6.07) is 16.9. The molecule has 0 amide bonds. The lowest BCUT2D eigenvalue weighted by Gasteiger charge is -2.07. The molecule has 1 heterocycles. The van der Waals surface area contributed by atoms with Gasteiger partial charge >= 0.3 is 5.97 Å². The van der Waals surface area contributed by atoms with Crippen LogP contribution in [0.15, 0.2) is 75.7 Å². The normalized spacial score (nSPS) is 11.3. The molecule has 0 saturated heterocycles. The number of aromatic carboxylic acids is 1. The number of nitrogens with zero attached hydrogens (tertiary/aromatic N) is 3. The highest BCUT2D eigenvalue weighted by molar-refractivity contribution is 5.90. The molecule has 0 unspecified atom stereocenters. The fraction of sp³-hybridized carbons (Fsp3) is 0.154. The number of para-hydroxylation sites is 1. The number of phenols is 1. The van der Waals surface area contributed by atoms with E-state index in [1.165, 1.54) is 16.8 Å². The lowest BCUT2D eigenvalue weighted by molar-refractivity contribution is 0.0697. The van der Waals surface area contributed by atoms with E-state index in [-0.39, 0.29) is 28.2 Å². The SMILES string of the molecule is CCc1[nH]n(-c2ccc(C)c(C)c2)c(=O)c1N=Nc1cccc(-c2cccc(C(=O)O)c2)c1O. The number of carboxylic acids is 1. The first kappa shape index (κ1) is 22.7. The molecule has 4 aromatic rings. The van der Waals surface area contributed by atoms with Gasteiger partial charge in [-0.15, -0.1) is 10.2 Å². The lowest BCUT2D eigenvalue weighted by atomic mass is 10.0. The maximum Gasteiger partial charge on any atom is 0.335 e. The first-order chi connectivity index (χ1) is 16.3. The molecular formula is C26H24N4O4. The molecule has 8 nitrogen and oxygen atoms in total. The minimum Gasteiger partial charge on any atom is -0.505 e. The van der Waals surface area contributed by atoms with Crippen LogP contribution in [0.5, 0.6) is 5.75 Å². The van der Waals surface area contributed by atoms with Gasteiger partial charge < -0.3 is 10.2 Å². The second kappa shape index (κ2) is 9.19. The van der Waals surface area contributed by atoms with Crippen LogP contribution in [0.1, 0.15) is 34.1 Å². The fourth-order valence-corrected chi connectivity index (χ4v) is 3.64. The van der Waals surface area contributed by atoms with Crippen LogP contribution in [-0.4, -0.2) is 26.0 Å². The molecule has 0 spiro atoms. The van der Waals surface area contributed by atoms with Crippen LogP contribution in [0.4, 0.5) is 11.4 Å². The van der Waals surface area contributed by atoms with E-state index in [0.717, 1.165) is 11.1 Å². The number of benzene rings is 3. The number of H-pyrrole nitrogens is 1. The van der Waals surface area contributed by atoms with Gasteiger partial charge in [-0.3, -0.25) is 9.89 Å². The molecule has 4 rings (SSSR count). The molecule has 0 aliphatic heterocycles. The van der Waals surface area contributed by atoms with Crippen molar-refractivity contribution in [3.63, 3.8) is 0 Å². The molecular weight excluding hydrogens is 432 g/mol. The number of phenolic OH excluding ortho intramolecular Hbond substituents is 1. The summed E-state index contributed by atoms with van der Waals surface area (Å²) >= 11 is 0. The van der Waals surface area contributed by atoms with Gasteiger partial charge in [0.05, 0.1) is 16.9 Å². The summed E-state index contributed by atoms with van der Waals surface area (Å²) in [4.78, 5) is 24.4. The number of hydrogen-bond acceptors (Lipinski definition) is 5. The third-order valence-corrected chi connectivity index (χ3v) is 5.73. The predicted octanol–water partition coefficient (Wildman–Crippen LogP) is 5.83. The topological polar surface area (TPSA) is 120 Å². The van der Waals surface area contributed by atoms with Gasteiger partial charge in [0.15, 0.2) is 11.4 Å². The Morgan fingerprint density at radius 1 is 1.00 bits per heavy atom. The zero-order valence-corrected chi connectivity index (χ0v) is 19.0. The molecule has 0 atom stereocenters. The highest BCUT2D eigenvalue weighted by Gasteiger charge is 2.16. The molecule has 0 fully saturated rings. The van der Waals surface area contributed by atoms with E-state index >= 15 is 0 Å². The predicted molar refractivity (Wildman–Crippen MR) is 130 cm³/mol. The Morgan fingerprint density at radius 3 is 2.47 bits per heavy atom. The van der Waals surface area contributed by atoms with E-state index in [2.05, 4.69) is 15.3 Å². The largest absolute Gasteiger partial charge is 0.505 e. The Kier molecular flexibility index (Phi) is 6.14. The van der Waals surface area contributed by atoms with E-state index in [0.29, 0.717) is 28.9 Å². The van der Waals surface area contributed by atoms with Crippen LogP contribution in [0, 0.1) is 13.8 Å². The van der Waals surface area contributed by atoms with Gasteiger partial charge in [0.25, 0.3) is 5.56 Å². The summed E-state index contributed by atoms with van der Waals surface area (Å²) in [7, 11) is 0. The monoisotopic (exact) mass is 456 g/mol. The van der Waals surface area contributed by atoms with Gasteiger partial charge in [0, 0.05) is 5.56 Å². The smallest absolute Gasteiger partial charge is 0.335 e. The summed E-state index contributed by atoms with van der Waals surface area (Å²) in [5.41, 5.74) is 4.56. The molecule has 172 valence electrons. The summed E-state index contributed by atoms with van der Waals surface area (Å²) < 4.78 is 1.44. The molecule has 0 aliphatic carbocycles. The van der Waals surface area contributed by atoms with Crippen molar-refractivity contribution in [3.05, 3.63) is 93.4 Å². The summed E-state index contributed by atoms with van der Waals surface area (Å²) in [6.45, 7) is 5.89. The molecule has 8 heteroatoms. The van der Waals surface area contributed by atoms with Crippen LogP contribution in [0.3, 0.4) is 0 Å². The number of azo groups is 1. The molecule has 0 bridgehead atoms. The summed E-state index contributed by atoms with van der Waals surface area (Å²) in [5, 5.41) is 31.5. The maximum absolute atomic E-state index is 13.1. The van der Waals surface area contributed by atoms with E-state index in [4.69, 9.17) is 0 Å². The van der Waals surface area contributed by atoms with Crippen molar-refractivity contribution < 1.29 is 15.0 Å². The van der Waals surface area contributed by atoms with Crippen molar-refractivity contribution in [2.24, 2.45) is 10.2 Å². The van der Waals surface area contributed by atoms with Crippen LogP contribution < -0.4 is 5.56 Å². The van der Waals surface area contributed by atoms with Crippen LogP contribution in [-0.2, 0) is 6.42 Å². The number of carbonyl (C=O) groups is 1. The molecule has 3 aromatic carbocycles. The van der Waals surface area contributed by atoms with Gasteiger partial charge in [0.1, 0.15) is 5.69 Å². The molecule has 0 aliphatic rings. The Morgan fingerprint density at radius 2 is 1.76 bits per heavy atom. The molecule has 0 radical (unpaired) electrons. The van der Waals surface area contributed by atoms with Crippen molar-refractivity contribution in [1.29, 1.82) is 0 Å². The number of aryl methyl sites for hydroxylation is 3. The van der Waals surface area contributed by atoms with Gasteiger partial charge in [-0.25, -0.2) is 9.48 Å². The van der Waals surface area contributed by atoms with E-state index in [1.807, 2.05) is 39.0 Å². The lowest BCUT2D eigenvalue weighted by Crippen LogP contribution is -2.14. The maximum atomic E-state index is 13.1. The minimum atomic E-state index is -1.06. The molecule has 34 heavy (non-hydrogen) atoms. The zero-order chi connectivity index (χ0) is 24.4. The second-order valence-electron chi connectivity index (χ2n) is 7.96. The van der Waals surface area contributed by atoms with Crippen molar-refractivity contribution in [3.8, 4) is 22.6 Å². The van der Waals surface area contributed by atoms with Crippen LogP contribution in [0.2, 0.25) is 0 Å². The Bertz CT molecular complexity index is 1480. The fourth-order valence-electron chi connectivity index (χ4n) is 3.64. The summed E-state index contributed by atoms with van der Waals surface area (Å²) in [5.74, 6) is -1.21. The Hall–Kier alpha value is -4.46. The van der Waals surface area contributed by atoms with E-state index in [9.17, 15) is 19.8 Å². The molecule has 3 N–H and O–H groups in total. The number of rotatable bonds is 6. The minimum absolute atomic E-state index is 0.107. The highest BCUT2D eigenvalue weighted by atomic mass is 16.4. The Balaban J connectivity index is 1.74. The summed E-state index contributed by atoms with van der Waals surface area (Å²) in [6.07, 6.45) is 0.537. The first-order valence-electron chi connectivity index (χ1n) is 10.8. The van der Waals surface area contributed by atoms with Crippen molar-refractivity contribution >= 4 is 17.3 Å². The first-order valence-corrected chi connectivity index (χ1v) is 10.8. The Labute approximate surface area is 195 Å². The van der Waals surface area contributed by atoms with Gasteiger partial charge in [0.2, 0.25) is 0 Å². The van der Waals surface area contributed by atoms with Crippen LogP contribution in [0.25, 0.3) is 16.8 Å². The number of carboxylic acid groups (broad SMARTS) is 1. The number of aromatic hydroxyl groups is 1. The standard InChI is InChI=1S/C26H24N4O4/c1-4-21-23(25(32)30(29-21)19-12-11-15(2)16(3)13-19)28-27-22-10-6-9-20(24(22)31)17-7-5-8-18(14-17)26(33)34/h5-14,29,31H,4H2,1-3H3,(H,33,34). The average Bonchev–Trinajstić information content (AvgIpc) is 3.15.